The van der Waals surface area contributed by atoms with Crippen LogP contribution in [0.15, 0.2) is 85.5 Å². The molecule has 0 atom stereocenters. The van der Waals surface area contributed by atoms with Crippen molar-refractivity contribution in [2.24, 2.45) is 0 Å². The summed E-state index contributed by atoms with van der Waals surface area (Å²) in [4.78, 5) is 21.0. The molecular weight excluding hydrogens is 322 g/mol. The molecule has 1 N–H and O–H groups in total. The Morgan fingerprint density at radius 3 is 2.50 bits per heavy atom. The number of carbonyl (C=O) groups is 1. The Hall–Kier alpha value is -3.53. The van der Waals surface area contributed by atoms with Gasteiger partial charge in [0.15, 0.2) is 0 Å². The molecule has 4 heteroatoms. The van der Waals surface area contributed by atoms with Gasteiger partial charge in [-0.15, -0.1) is 0 Å². The van der Waals surface area contributed by atoms with Crippen LogP contribution in [0.3, 0.4) is 0 Å². The third-order valence-electron chi connectivity index (χ3n) is 4.31. The zero-order valence-corrected chi connectivity index (χ0v) is 14.1. The second kappa shape index (κ2) is 7.15. The molecule has 0 spiro atoms. The van der Waals surface area contributed by atoms with E-state index in [1.54, 1.807) is 12.4 Å². The SMILES string of the molecule is O=C(NCc1ccccc1)c1ccc2cncc(-c3ccncc3)c2c1. The van der Waals surface area contributed by atoms with Crippen molar-refractivity contribution in [1.29, 1.82) is 0 Å². The van der Waals surface area contributed by atoms with Crippen molar-refractivity contribution in [3.8, 4) is 11.1 Å². The summed E-state index contributed by atoms with van der Waals surface area (Å²) in [5, 5.41) is 4.97. The second-order valence-electron chi connectivity index (χ2n) is 6.03. The van der Waals surface area contributed by atoms with Crippen molar-refractivity contribution in [2.75, 3.05) is 0 Å². The van der Waals surface area contributed by atoms with E-state index in [1.165, 1.54) is 0 Å². The first-order valence-corrected chi connectivity index (χ1v) is 8.41. The van der Waals surface area contributed by atoms with Gasteiger partial charge in [-0.25, -0.2) is 0 Å². The van der Waals surface area contributed by atoms with Crippen LogP contribution in [-0.4, -0.2) is 15.9 Å². The molecule has 2 aromatic carbocycles. The number of nitrogens with one attached hydrogen (secondary N) is 1. The normalized spacial score (nSPS) is 10.6. The molecule has 4 nitrogen and oxygen atoms in total. The maximum Gasteiger partial charge on any atom is 0.251 e. The average Bonchev–Trinajstić information content (AvgIpc) is 2.72. The smallest absolute Gasteiger partial charge is 0.251 e. The molecule has 2 heterocycles. The van der Waals surface area contributed by atoms with Gasteiger partial charge in [-0.2, -0.15) is 0 Å². The van der Waals surface area contributed by atoms with Crippen molar-refractivity contribution in [2.45, 2.75) is 6.54 Å². The Labute approximate surface area is 151 Å². The van der Waals surface area contributed by atoms with Crippen molar-refractivity contribution < 1.29 is 4.79 Å². The molecule has 0 saturated carbocycles. The number of nitrogens with zero attached hydrogens (tertiary/aromatic N) is 2. The topological polar surface area (TPSA) is 54.9 Å². The number of benzene rings is 2. The van der Waals surface area contributed by atoms with Crippen LogP contribution in [0.2, 0.25) is 0 Å². The summed E-state index contributed by atoms with van der Waals surface area (Å²) in [7, 11) is 0. The lowest BCUT2D eigenvalue weighted by Crippen LogP contribution is -2.22. The highest BCUT2D eigenvalue weighted by molar-refractivity contribution is 6.02. The standard InChI is InChI=1S/C22H17N3O/c26-22(25-13-16-4-2-1-3-5-16)18-6-7-19-14-24-15-21(20(19)12-18)17-8-10-23-11-9-17/h1-12,14-15H,13H2,(H,25,26). The van der Waals surface area contributed by atoms with Crippen LogP contribution in [0, 0.1) is 0 Å². The Bertz CT molecular complexity index is 1050. The molecule has 0 saturated heterocycles. The first-order chi connectivity index (χ1) is 12.8. The van der Waals surface area contributed by atoms with E-state index < -0.39 is 0 Å². The van der Waals surface area contributed by atoms with Gasteiger partial charge in [-0.1, -0.05) is 36.4 Å². The molecule has 126 valence electrons. The number of amides is 1. The molecule has 2 aromatic heterocycles. The summed E-state index contributed by atoms with van der Waals surface area (Å²) in [5.74, 6) is -0.0896. The molecule has 4 aromatic rings. The lowest BCUT2D eigenvalue weighted by atomic mass is 10.00. The van der Waals surface area contributed by atoms with Gasteiger partial charge in [-0.05, 0) is 40.8 Å². The summed E-state index contributed by atoms with van der Waals surface area (Å²) >= 11 is 0. The van der Waals surface area contributed by atoms with Gasteiger partial charge < -0.3 is 5.32 Å². The molecule has 0 aliphatic carbocycles. The van der Waals surface area contributed by atoms with Crippen LogP contribution in [-0.2, 0) is 6.54 Å². The van der Waals surface area contributed by atoms with Gasteiger partial charge >= 0.3 is 0 Å². The number of rotatable bonds is 4. The Morgan fingerprint density at radius 2 is 1.69 bits per heavy atom. The van der Waals surface area contributed by atoms with Crippen LogP contribution in [0.1, 0.15) is 15.9 Å². The Morgan fingerprint density at radius 1 is 0.885 bits per heavy atom. The van der Waals surface area contributed by atoms with Crippen LogP contribution >= 0.6 is 0 Å². The maximum absolute atomic E-state index is 12.6. The van der Waals surface area contributed by atoms with E-state index in [9.17, 15) is 4.79 Å². The van der Waals surface area contributed by atoms with E-state index >= 15 is 0 Å². The molecule has 0 radical (unpaired) electrons. The minimum atomic E-state index is -0.0896. The molecule has 26 heavy (non-hydrogen) atoms. The number of fused-ring (bicyclic) bond motifs is 1. The largest absolute Gasteiger partial charge is 0.348 e. The summed E-state index contributed by atoms with van der Waals surface area (Å²) in [6.07, 6.45) is 7.14. The van der Waals surface area contributed by atoms with E-state index in [4.69, 9.17) is 0 Å². The summed E-state index contributed by atoms with van der Waals surface area (Å²) in [5.41, 5.74) is 3.72. The number of hydrogen-bond donors (Lipinski definition) is 1. The monoisotopic (exact) mass is 339 g/mol. The van der Waals surface area contributed by atoms with E-state index in [0.29, 0.717) is 12.1 Å². The quantitative estimate of drug-likeness (QED) is 0.605. The van der Waals surface area contributed by atoms with Crippen molar-refractivity contribution >= 4 is 16.7 Å². The van der Waals surface area contributed by atoms with Crippen molar-refractivity contribution in [3.05, 3.63) is 96.6 Å². The van der Waals surface area contributed by atoms with Crippen molar-refractivity contribution in [1.82, 2.24) is 15.3 Å². The van der Waals surface area contributed by atoms with Gasteiger partial charge in [0.25, 0.3) is 5.91 Å². The fraction of sp³-hybridized carbons (Fsp3) is 0.0455. The summed E-state index contributed by atoms with van der Waals surface area (Å²) in [6, 6.07) is 19.5. The lowest BCUT2D eigenvalue weighted by Gasteiger charge is -2.09. The lowest BCUT2D eigenvalue weighted by molar-refractivity contribution is 0.0951. The fourth-order valence-electron chi connectivity index (χ4n) is 2.95. The Kier molecular flexibility index (Phi) is 4.39. The van der Waals surface area contributed by atoms with E-state index in [2.05, 4.69) is 15.3 Å². The summed E-state index contributed by atoms with van der Waals surface area (Å²) < 4.78 is 0. The highest BCUT2D eigenvalue weighted by atomic mass is 16.1. The molecule has 0 bridgehead atoms. The van der Waals surface area contributed by atoms with Crippen LogP contribution in [0.4, 0.5) is 0 Å². The molecule has 0 aliphatic heterocycles. The minimum absolute atomic E-state index is 0.0896. The third-order valence-corrected chi connectivity index (χ3v) is 4.31. The highest BCUT2D eigenvalue weighted by Crippen LogP contribution is 2.28. The van der Waals surface area contributed by atoms with Gasteiger partial charge in [0.1, 0.15) is 0 Å². The molecule has 0 aliphatic rings. The predicted molar refractivity (Wildman–Crippen MR) is 103 cm³/mol. The van der Waals surface area contributed by atoms with Gasteiger partial charge in [-0.3, -0.25) is 14.8 Å². The van der Waals surface area contributed by atoms with E-state index in [0.717, 1.165) is 27.5 Å². The number of carbonyl (C=O) groups excluding carboxylic acids is 1. The third kappa shape index (κ3) is 3.30. The first kappa shape index (κ1) is 16.0. The number of aromatic nitrogens is 2. The van der Waals surface area contributed by atoms with Gasteiger partial charge in [0, 0.05) is 47.8 Å². The predicted octanol–water partition coefficient (Wildman–Crippen LogP) is 4.23. The molecule has 1 amide bonds. The zero-order valence-electron chi connectivity index (χ0n) is 14.1. The summed E-state index contributed by atoms with van der Waals surface area (Å²) in [6.45, 7) is 0.505. The number of hydrogen-bond acceptors (Lipinski definition) is 3. The van der Waals surface area contributed by atoms with Crippen LogP contribution < -0.4 is 5.32 Å². The molecule has 0 unspecified atom stereocenters. The maximum atomic E-state index is 12.6. The van der Waals surface area contributed by atoms with Crippen LogP contribution in [0.5, 0.6) is 0 Å². The average molecular weight is 339 g/mol. The molecule has 4 rings (SSSR count). The number of pyridine rings is 2. The Balaban J connectivity index is 1.65. The zero-order chi connectivity index (χ0) is 17.8. The second-order valence-corrected chi connectivity index (χ2v) is 6.03. The van der Waals surface area contributed by atoms with Gasteiger partial charge in [0.05, 0.1) is 0 Å². The molecule has 0 fully saturated rings. The van der Waals surface area contributed by atoms with E-state index in [-0.39, 0.29) is 5.91 Å². The van der Waals surface area contributed by atoms with Gasteiger partial charge in [0.2, 0.25) is 0 Å². The highest BCUT2D eigenvalue weighted by Gasteiger charge is 2.10. The van der Waals surface area contributed by atoms with Crippen LogP contribution in [0.25, 0.3) is 21.9 Å². The van der Waals surface area contributed by atoms with E-state index in [1.807, 2.05) is 73.1 Å². The molecular formula is C22H17N3O. The minimum Gasteiger partial charge on any atom is -0.348 e. The fourth-order valence-corrected chi connectivity index (χ4v) is 2.95. The van der Waals surface area contributed by atoms with Crippen molar-refractivity contribution in [3.63, 3.8) is 0 Å². The first-order valence-electron chi connectivity index (χ1n) is 8.41.